The van der Waals surface area contributed by atoms with Crippen molar-refractivity contribution in [2.75, 3.05) is 0 Å². The molecule has 0 aliphatic rings. The number of hydrogen-bond donors (Lipinski definition) is 2. The summed E-state index contributed by atoms with van der Waals surface area (Å²) in [6, 6.07) is 1.68. The van der Waals surface area contributed by atoms with Crippen LogP contribution in [-0.2, 0) is 0 Å². The molecule has 0 fully saturated rings. The number of aromatic carboxylic acids is 1. The van der Waals surface area contributed by atoms with Crippen molar-refractivity contribution in [3.8, 4) is 0 Å². The number of aromatic amines is 1. The predicted molar refractivity (Wildman–Crippen MR) is 40.8 cm³/mol. The minimum Gasteiger partial charge on any atom is -0.476 e. The van der Waals surface area contributed by atoms with Gasteiger partial charge in [0.05, 0.1) is 6.20 Å². The molecule has 0 saturated heterocycles. The van der Waals surface area contributed by atoms with Gasteiger partial charge >= 0.3 is 5.97 Å². The maximum absolute atomic E-state index is 10.5. The Balaban J connectivity index is 2.68. The van der Waals surface area contributed by atoms with E-state index < -0.39 is 5.97 Å². The molecule has 60 valence electrons. The van der Waals surface area contributed by atoms with Gasteiger partial charge in [-0.25, -0.2) is 14.8 Å². The molecule has 2 N–H and O–H groups in total. The number of carboxylic acids is 1. The highest BCUT2D eigenvalue weighted by molar-refractivity contribution is 5.87. The van der Waals surface area contributed by atoms with E-state index in [2.05, 4.69) is 15.0 Å². The van der Waals surface area contributed by atoms with Crippen molar-refractivity contribution < 1.29 is 9.90 Å². The zero-order valence-electron chi connectivity index (χ0n) is 5.98. The summed E-state index contributed by atoms with van der Waals surface area (Å²) in [4.78, 5) is 21.0. The molecule has 0 spiro atoms. The maximum Gasteiger partial charge on any atom is 0.356 e. The average molecular weight is 163 g/mol. The van der Waals surface area contributed by atoms with Crippen LogP contribution in [0.5, 0.6) is 0 Å². The van der Waals surface area contributed by atoms with Gasteiger partial charge in [0, 0.05) is 6.20 Å². The summed E-state index contributed by atoms with van der Waals surface area (Å²) in [5, 5.41) is 8.57. The lowest BCUT2D eigenvalue weighted by Gasteiger charge is -1.91. The Morgan fingerprint density at radius 3 is 3.17 bits per heavy atom. The summed E-state index contributed by atoms with van der Waals surface area (Å²) in [5.74, 6) is -1.06. The Labute approximate surface area is 67.1 Å². The van der Waals surface area contributed by atoms with E-state index in [1.807, 2.05) is 0 Å². The first-order valence-corrected chi connectivity index (χ1v) is 3.31. The van der Waals surface area contributed by atoms with Gasteiger partial charge in [0.15, 0.2) is 11.3 Å². The van der Waals surface area contributed by atoms with Crippen molar-refractivity contribution in [2.45, 2.75) is 0 Å². The molecule has 2 aromatic rings. The standard InChI is InChI=1S/C7H5N3O2/c11-7(12)5-3-9-6-4(10-5)1-2-8-6/h1-3H,(H,8,9)(H,11,12). The number of nitrogens with one attached hydrogen (secondary N) is 1. The van der Waals surface area contributed by atoms with Gasteiger partial charge in [0.2, 0.25) is 0 Å². The molecule has 0 amide bonds. The van der Waals surface area contributed by atoms with Crippen LogP contribution in [0.4, 0.5) is 0 Å². The molecule has 0 aliphatic carbocycles. The molecule has 5 heteroatoms. The Morgan fingerprint density at radius 2 is 2.42 bits per heavy atom. The molecule has 12 heavy (non-hydrogen) atoms. The lowest BCUT2D eigenvalue weighted by Crippen LogP contribution is -2.00. The summed E-state index contributed by atoms with van der Waals surface area (Å²) in [6.07, 6.45) is 2.89. The van der Waals surface area contributed by atoms with Crippen LogP contribution in [0.25, 0.3) is 11.2 Å². The van der Waals surface area contributed by atoms with Crippen molar-refractivity contribution in [1.29, 1.82) is 0 Å². The van der Waals surface area contributed by atoms with Crippen LogP contribution in [0.3, 0.4) is 0 Å². The fraction of sp³-hybridized carbons (Fsp3) is 0. The lowest BCUT2D eigenvalue weighted by atomic mass is 10.4. The van der Waals surface area contributed by atoms with Crippen molar-refractivity contribution in [3.05, 3.63) is 24.2 Å². The Bertz CT molecular complexity index is 435. The summed E-state index contributed by atoms with van der Waals surface area (Å²) < 4.78 is 0. The second kappa shape index (κ2) is 2.30. The number of H-pyrrole nitrogens is 1. The topological polar surface area (TPSA) is 78.9 Å². The van der Waals surface area contributed by atoms with Gasteiger partial charge in [0.25, 0.3) is 0 Å². The van der Waals surface area contributed by atoms with Gasteiger partial charge in [-0.05, 0) is 6.07 Å². The highest BCUT2D eigenvalue weighted by Crippen LogP contribution is 2.05. The average Bonchev–Trinajstić information content (AvgIpc) is 2.49. The molecule has 2 rings (SSSR count). The van der Waals surface area contributed by atoms with E-state index >= 15 is 0 Å². The second-order valence-electron chi connectivity index (χ2n) is 2.27. The van der Waals surface area contributed by atoms with Crippen LogP contribution in [0.2, 0.25) is 0 Å². The quantitative estimate of drug-likeness (QED) is 0.647. The Morgan fingerprint density at radius 1 is 1.58 bits per heavy atom. The zero-order chi connectivity index (χ0) is 8.55. The summed E-state index contributed by atoms with van der Waals surface area (Å²) in [5.41, 5.74) is 1.12. The zero-order valence-corrected chi connectivity index (χ0v) is 5.98. The normalized spacial score (nSPS) is 10.3. The van der Waals surface area contributed by atoms with Crippen LogP contribution in [-0.4, -0.2) is 26.0 Å². The van der Waals surface area contributed by atoms with Gasteiger partial charge in [-0.1, -0.05) is 0 Å². The third-order valence-corrected chi connectivity index (χ3v) is 1.48. The monoisotopic (exact) mass is 163 g/mol. The molecule has 0 bridgehead atoms. The second-order valence-corrected chi connectivity index (χ2v) is 2.27. The molecule has 5 nitrogen and oxygen atoms in total. The molecule has 2 aromatic heterocycles. The molecule has 0 radical (unpaired) electrons. The molecule has 0 aliphatic heterocycles. The Kier molecular flexibility index (Phi) is 1.30. The smallest absolute Gasteiger partial charge is 0.356 e. The van der Waals surface area contributed by atoms with Gasteiger partial charge in [-0.2, -0.15) is 0 Å². The molecule has 2 heterocycles. The molecule has 0 unspecified atom stereocenters. The van der Waals surface area contributed by atoms with Crippen LogP contribution >= 0.6 is 0 Å². The summed E-state index contributed by atoms with van der Waals surface area (Å²) >= 11 is 0. The van der Waals surface area contributed by atoms with Gasteiger partial charge in [-0.15, -0.1) is 0 Å². The molecular formula is C7H5N3O2. The Hall–Kier alpha value is -1.91. The van der Waals surface area contributed by atoms with Gasteiger partial charge in [0.1, 0.15) is 5.52 Å². The molecule has 0 aromatic carbocycles. The number of carboxylic acid groups (broad SMARTS) is 1. The predicted octanol–water partition coefficient (Wildman–Crippen LogP) is 0.656. The van der Waals surface area contributed by atoms with E-state index in [0.717, 1.165) is 0 Å². The van der Waals surface area contributed by atoms with E-state index in [9.17, 15) is 4.79 Å². The van der Waals surface area contributed by atoms with Crippen LogP contribution in [0.1, 0.15) is 10.5 Å². The minimum absolute atomic E-state index is 0.0397. The van der Waals surface area contributed by atoms with Crippen molar-refractivity contribution in [1.82, 2.24) is 15.0 Å². The fourth-order valence-corrected chi connectivity index (χ4v) is 0.933. The number of aromatic nitrogens is 3. The highest BCUT2D eigenvalue weighted by atomic mass is 16.4. The van der Waals surface area contributed by atoms with Crippen molar-refractivity contribution in [2.24, 2.45) is 0 Å². The molecule has 0 saturated carbocycles. The van der Waals surface area contributed by atoms with Crippen LogP contribution in [0.15, 0.2) is 18.5 Å². The number of fused-ring (bicyclic) bond motifs is 1. The van der Waals surface area contributed by atoms with Gasteiger partial charge < -0.3 is 10.1 Å². The van der Waals surface area contributed by atoms with E-state index in [1.54, 1.807) is 12.3 Å². The number of carbonyl (C=O) groups is 1. The van der Waals surface area contributed by atoms with Crippen LogP contribution < -0.4 is 0 Å². The highest BCUT2D eigenvalue weighted by Gasteiger charge is 2.05. The first kappa shape index (κ1) is 6.78. The summed E-state index contributed by atoms with van der Waals surface area (Å²) in [7, 11) is 0. The summed E-state index contributed by atoms with van der Waals surface area (Å²) in [6.45, 7) is 0. The van der Waals surface area contributed by atoms with Crippen molar-refractivity contribution >= 4 is 17.1 Å². The van der Waals surface area contributed by atoms with E-state index in [4.69, 9.17) is 5.11 Å². The SMILES string of the molecule is O=C(O)c1cnc2[nH]ccc2n1. The lowest BCUT2D eigenvalue weighted by molar-refractivity contribution is 0.0690. The third kappa shape index (κ3) is 0.914. The molecular weight excluding hydrogens is 158 g/mol. The first-order valence-electron chi connectivity index (χ1n) is 3.31. The first-order chi connectivity index (χ1) is 5.77. The number of rotatable bonds is 1. The van der Waals surface area contributed by atoms with E-state index in [0.29, 0.717) is 11.2 Å². The van der Waals surface area contributed by atoms with E-state index in [1.165, 1.54) is 6.20 Å². The minimum atomic E-state index is -1.06. The van der Waals surface area contributed by atoms with Crippen molar-refractivity contribution in [3.63, 3.8) is 0 Å². The molecule has 0 atom stereocenters. The number of nitrogens with zero attached hydrogens (tertiary/aromatic N) is 2. The van der Waals surface area contributed by atoms with E-state index in [-0.39, 0.29) is 5.69 Å². The maximum atomic E-state index is 10.5. The third-order valence-electron chi connectivity index (χ3n) is 1.48. The van der Waals surface area contributed by atoms with Crippen LogP contribution in [0, 0.1) is 0 Å². The van der Waals surface area contributed by atoms with Gasteiger partial charge in [-0.3, -0.25) is 0 Å². The largest absolute Gasteiger partial charge is 0.476 e. The fourth-order valence-electron chi connectivity index (χ4n) is 0.933. The number of hydrogen-bond acceptors (Lipinski definition) is 3.